The van der Waals surface area contributed by atoms with Gasteiger partial charge in [-0.05, 0) is 25.8 Å². The third kappa shape index (κ3) is 3.24. The molecule has 0 saturated heterocycles. The Hall–Kier alpha value is -3.29. The van der Waals surface area contributed by atoms with E-state index in [9.17, 15) is 9.59 Å². The summed E-state index contributed by atoms with van der Waals surface area (Å²) in [5, 5.41) is 0.575. The molecule has 8 heteroatoms. The van der Waals surface area contributed by atoms with Gasteiger partial charge in [0.1, 0.15) is 4.70 Å². The van der Waals surface area contributed by atoms with Crippen LogP contribution in [0.1, 0.15) is 12.5 Å². The average molecular weight is 423 g/mol. The number of thiophene rings is 1. The topological polar surface area (TPSA) is 80.1 Å². The molecule has 0 bridgehead atoms. The van der Waals surface area contributed by atoms with Crippen LogP contribution in [0.25, 0.3) is 32.4 Å². The minimum atomic E-state index is -0.556. The first-order chi connectivity index (χ1) is 14.0. The third-order valence-corrected chi connectivity index (χ3v) is 5.89. The molecule has 0 atom stereocenters. The van der Waals surface area contributed by atoms with Crippen LogP contribution in [0.5, 0.6) is 0 Å². The fourth-order valence-corrected chi connectivity index (χ4v) is 4.49. The van der Waals surface area contributed by atoms with Crippen LogP contribution in [0.3, 0.4) is 0 Å². The number of rotatable bonds is 4. The standard InChI is InChI=1S/C21H15ClN4O2S/c1-3-6-13-16(23-2)10-24-11-17(13)26-20(27)19-15(25-21(26)28)9-18(29-19)12-7-4-5-8-14(12)22/h3-11H,2H2,1H3,(H,25,28)/b6-3-. The van der Waals surface area contributed by atoms with Gasteiger partial charge in [-0.2, -0.15) is 0 Å². The van der Waals surface area contributed by atoms with Crippen molar-refractivity contribution in [2.24, 2.45) is 4.99 Å². The van der Waals surface area contributed by atoms with E-state index >= 15 is 0 Å². The lowest BCUT2D eigenvalue weighted by molar-refractivity contribution is 0.895. The number of aromatic nitrogens is 3. The number of benzene rings is 1. The fraction of sp³-hybridized carbons (Fsp3) is 0.0476. The second kappa shape index (κ2) is 7.62. The summed E-state index contributed by atoms with van der Waals surface area (Å²) in [7, 11) is 0. The highest BCUT2D eigenvalue weighted by Crippen LogP contribution is 2.35. The number of H-pyrrole nitrogens is 1. The summed E-state index contributed by atoms with van der Waals surface area (Å²) in [5.41, 5.74) is 1.70. The highest BCUT2D eigenvalue weighted by molar-refractivity contribution is 7.22. The van der Waals surface area contributed by atoms with Crippen molar-refractivity contribution in [3.8, 4) is 16.1 Å². The molecule has 0 unspecified atom stereocenters. The van der Waals surface area contributed by atoms with E-state index in [0.717, 1.165) is 15.0 Å². The summed E-state index contributed by atoms with van der Waals surface area (Å²) in [6.07, 6.45) is 6.56. The van der Waals surface area contributed by atoms with Crippen LogP contribution in [0.4, 0.5) is 5.69 Å². The maximum absolute atomic E-state index is 13.3. The molecule has 4 rings (SSSR count). The first-order valence-electron chi connectivity index (χ1n) is 8.66. The molecular formula is C21H15ClN4O2S. The van der Waals surface area contributed by atoms with Crippen LogP contribution in [-0.2, 0) is 0 Å². The number of nitrogens with one attached hydrogen (secondary N) is 1. The molecule has 4 aromatic rings. The highest BCUT2D eigenvalue weighted by atomic mass is 35.5. The summed E-state index contributed by atoms with van der Waals surface area (Å²) >= 11 is 7.57. The number of aliphatic imine (C=N–C) groups is 1. The molecule has 0 aliphatic rings. The summed E-state index contributed by atoms with van der Waals surface area (Å²) in [5.74, 6) is 0. The zero-order valence-corrected chi connectivity index (χ0v) is 16.9. The van der Waals surface area contributed by atoms with Crippen molar-refractivity contribution < 1.29 is 0 Å². The van der Waals surface area contributed by atoms with Gasteiger partial charge < -0.3 is 4.98 Å². The van der Waals surface area contributed by atoms with Gasteiger partial charge >= 0.3 is 5.69 Å². The Balaban J connectivity index is 2.02. The maximum atomic E-state index is 13.3. The van der Waals surface area contributed by atoms with Gasteiger partial charge in [0, 0.05) is 21.0 Å². The number of aromatic amines is 1. The minimum absolute atomic E-state index is 0.342. The normalized spacial score (nSPS) is 11.4. The first kappa shape index (κ1) is 19.0. The van der Waals surface area contributed by atoms with E-state index in [-0.39, 0.29) is 0 Å². The first-order valence-corrected chi connectivity index (χ1v) is 9.86. The molecule has 3 heterocycles. The smallest absolute Gasteiger partial charge is 0.306 e. The third-order valence-electron chi connectivity index (χ3n) is 4.40. The van der Waals surface area contributed by atoms with Crippen molar-refractivity contribution in [1.29, 1.82) is 0 Å². The predicted molar refractivity (Wildman–Crippen MR) is 120 cm³/mol. The van der Waals surface area contributed by atoms with Crippen molar-refractivity contribution in [3.63, 3.8) is 0 Å². The van der Waals surface area contributed by atoms with E-state index < -0.39 is 11.2 Å². The van der Waals surface area contributed by atoms with Crippen molar-refractivity contribution in [2.75, 3.05) is 0 Å². The van der Waals surface area contributed by atoms with Crippen LogP contribution in [0, 0.1) is 0 Å². The van der Waals surface area contributed by atoms with Crippen LogP contribution >= 0.6 is 22.9 Å². The highest BCUT2D eigenvalue weighted by Gasteiger charge is 2.17. The summed E-state index contributed by atoms with van der Waals surface area (Å²) < 4.78 is 1.49. The van der Waals surface area contributed by atoms with E-state index in [1.165, 1.54) is 23.7 Å². The molecule has 3 aromatic heterocycles. The van der Waals surface area contributed by atoms with Gasteiger partial charge in [-0.3, -0.25) is 14.8 Å². The zero-order valence-electron chi connectivity index (χ0n) is 15.3. The lowest BCUT2D eigenvalue weighted by Gasteiger charge is -2.10. The SMILES string of the molecule is C=Nc1cncc(-n2c(=O)[nH]c3cc(-c4ccccc4Cl)sc3c2=O)c1/C=C\C. The van der Waals surface area contributed by atoms with E-state index in [1.807, 2.05) is 25.1 Å². The maximum Gasteiger partial charge on any atom is 0.333 e. The number of halogens is 1. The molecule has 0 aliphatic carbocycles. The van der Waals surface area contributed by atoms with Crippen LogP contribution in [0.15, 0.2) is 63.4 Å². The summed E-state index contributed by atoms with van der Waals surface area (Å²) in [4.78, 5) is 37.7. The van der Waals surface area contributed by atoms with Crippen LogP contribution < -0.4 is 11.2 Å². The molecule has 1 aromatic carbocycles. The number of nitrogens with zero attached hydrogens (tertiary/aromatic N) is 3. The van der Waals surface area contributed by atoms with E-state index in [0.29, 0.717) is 32.2 Å². The molecule has 6 nitrogen and oxygen atoms in total. The van der Waals surface area contributed by atoms with Gasteiger partial charge in [0.25, 0.3) is 5.56 Å². The second-order valence-electron chi connectivity index (χ2n) is 6.15. The van der Waals surface area contributed by atoms with E-state index in [2.05, 4.69) is 21.7 Å². The molecule has 0 amide bonds. The number of fused-ring (bicyclic) bond motifs is 1. The Labute approximate surface area is 174 Å². The number of allylic oxidation sites excluding steroid dienone is 1. The lowest BCUT2D eigenvalue weighted by atomic mass is 10.1. The van der Waals surface area contributed by atoms with Gasteiger partial charge in [0.05, 0.1) is 29.3 Å². The van der Waals surface area contributed by atoms with Crippen molar-refractivity contribution in [2.45, 2.75) is 6.92 Å². The second-order valence-corrected chi connectivity index (χ2v) is 7.61. The van der Waals surface area contributed by atoms with Crippen molar-refractivity contribution in [1.82, 2.24) is 14.5 Å². The van der Waals surface area contributed by atoms with Crippen LogP contribution in [-0.4, -0.2) is 21.3 Å². The fourth-order valence-electron chi connectivity index (χ4n) is 3.11. The Kier molecular flexibility index (Phi) is 5.00. The predicted octanol–water partition coefficient (Wildman–Crippen LogP) is 4.82. The summed E-state index contributed by atoms with van der Waals surface area (Å²) in [6, 6.07) is 9.13. The van der Waals surface area contributed by atoms with Crippen molar-refractivity contribution >= 4 is 51.6 Å². The van der Waals surface area contributed by atoms with E-state index in [1.54, 1.807) is 24.3 Å². The molecule has 144 valence electrons. The zero-order chi connectivity index (χ0) is 20.5. The molecule has 1 N–H and O–H groups in total. The average Bonchev–Trinajstić information content (AvgIpc) is 3.13. The Morgan fingerprint density at radius 1 is 1.28 bits per heavy atom. The van der Waals surface area contributed by atoms with Gasteiger partial charge in [0.2, 0.25) is 0 Å². The van der Waals surface area contributed by atoms with Gasteiger partial charge in [-0.15, -0.1) is 11.3 Å². The van der Waals surface area contributed by atoms with Crippen molar-refractivity contribution in [3.05, 3.63) is 80.2 Å². The van der Waals surface area contributed by atoms with Gasteiger partial charge in [-0.25, -0.2) is 9.36 Å². The molecule has 29 heavy (non-hydrogen) atoms. The molecular weight excluding hydrogens is 408 g/mol. The minimum Gasteiger partial charge on any atom is -0.306 e. The number of hydrogen-bond acceptors (Lipinski definition) is 5. The Morgan fingerprint density at radius 2 is 2.07 bits per heavy atom. The molecule has 0 spiro atoms. The van der Waals surface area contributed by atoms with Crippen LogP contribution in [0.2, 0.25) is 5.02 Å². The monoisotopic (exact) mass is 422 g/mol. The quantitative estimate of drug-likeness (QED) is 0.479. The van der Waals surface area contributed by atoms with Gasteiger partial charge in [-0.1, -0.05) is 42.0 Å². The van der Waals surface area contributed by atoms with Gasteiger partial charge in [0.15, 0.2) is 0 Å². The summed E-state index contributed by atoms with van der Waals surface area (Å²) in [6.45, 7) is 5.38. The Bertz CT molecular complexity index is 1400. The molecule has 0 saturated carbocycles. The molecule has 0 aliphatic heterocycles. The molecule has 0 fully saturated rings. The number of pyridine rings is 1. The Morgan fingerprint density at radius 3 is 2.79 bits per heavy atom. The van der Waals surface area contributed by atoms with E-state index in [4.69, 9.17) is 11.6 Å². The lowest BCUT2D eigenvalue weighted by Crippen LogP contribution is -2.33. The molecule has 0 radical (unpaired) electrons. The number of hydrogen-bond donors (Lipinski definition) is 1. The largest absolute Gasteiger partial charge is 0.333 e.